The van der Waals surface area contributed by atoms with Crippen LogP contribution in [0, 0.1) is 10.1 Å². The molecule has 0 fully saturated rings. The van der Waals surface area contributed by atoms with Gasteiger partial charge in [-0.3, -0.25) is 19.8 Å². The monoisotopic (exact) mass is 280 g/mol. The maximum absolute atomic E-state index is 11.9. The maximum atomic E-state index is 11.9. The maximum Gasteiger partial charge on any atom is 0.269 e. The first-order valence-corrected chi connectivity index (χ1v) is 6.51. The summed E-state index contributed by atoms with van der Waals surface area (Å²) in [7, 11) is -3.83. The first kappa shape index (κ1) is 12.9. The summed E-state index contributed by atoms with van der Waals surface area (Å²) in [6.45, 7) is 0. The van der Waals surface area contributed by atoms with Crippen molar-refractivity contribution in [3.63, 3.8) is 0 Å². The Hall–Kier alpha value is -2.55. The molecule has 0 aliphatic rings. The molecule has 1 aromatic carbocycles. The van der Waals surface area contributed by atoms with E-state index in [-0.39, 0.29) is 16.4 Å². The lowest BCUT2D eigenvalue weighted by atomic mass is 10.3. The number of nitro groups is 1. The Bertz CT molecular complexity index is 685. The molecule has 0 aliphatic heterocycles. The highest BCUT2D eigenvalue weighted by Gasteiger charge is 2.16. The van der Waals surface area contributed by atoms with Gasteiger partial charge in [0.2, 0.25) is 0 Å². The minimum atomic E-state index is -3.83. The average Bonchev–Trinajstić information content (AvgIpc) is 2.39. The number of hydrogen-bond acceptors (Lipinski definition) is 6. The fourth-order valence-electron chi connectivity index (χ4n) is 1.30. The molecule has 0 saturated carbocycles. The molecule has 0 radical (unpaired) electrons. The van der Waals surface area contributed by atoms with Crippen molar-refractivity contribution in [2.45, 2.75) is 4.90 Å². The SMILES string of the molecule is O=[N+]([O-])c1ccc(S(=O)(=O)Nc2cnccn2)cc1. The van der Waals surface area contributed by atoms with Crippen molar-refractivity contribution in [2.24, 2.45) is 0 Å². The summed E-state index contributed by atoms with van der Waals surface area (Å²) >= 11 is 0. The van der Waals surface area contributed by atoms with Gasteiger partial charge in [-0.1, -0.05) is 0 Å². The normalized spacial score (nSPS) is 10.9. The molecular formula is C10H8N4O4S. The van der Waals surface area contributed by atoms with Gasteiger partial charge < -0.3 is 0 Å². The van der Waals surface area contributed by atoms with Crippen LogP contribution >= 0.6 is 0 Å². The second-order valence-corrected chi connectivity index (χ2v) is 5.13. The van der Waals surface area contributed by atoms with E-state index in [2.05, 4.69) is 14.7 Å². The average molecular weight is 280 g/mol. The molecule has 0 aliphatic carbocycles. The highest BCUT2D eigenvalue weighted by Crippen LogP contribution is 2.17. The predicted octanol–water partition coefficient (Wildman–Crippen LogP) is 1.19. The molecule has 0 unspecified atom stereocenters. The molecule has 9 heteroatoms. The van der Waals surface area contributed by atoms with Crippen molar-refractivity contribution in [3.05, 3.63) is 53.0 Å². The molecule has 2 rings (SSSR count). The molecule has 0 saturated heterocycles. The number of nitrogens with one attached hydrogen (secondary N) is 1. The minimum absolute atomic E-state index is 0.0702. The van der Waals surface area contributed by atoms with E-state index in [1.54, 1.807) is 0 Å². The smallest absolute Gasteiger partial charge is 0.262 e. The van der Waals surface area contributed by atoms with Gasteiger partial charge in [0.25, 0.3) is 15.7 Å². The van der Waals surface area contributed by atoms with Gasteiger partial charge in [0.15, 0.2) is 5.82 Å². The van der Waals surface area contributed by atoms with Crippen molar-refractivity contribution in [2.75, 3.05) is 4.72 Å². The standard InChI is InChI=1S/C10H8N4O4S/c15-14(16)8-1-3-9(4-2-8)19(17,18)13-10-7-11-5-6-12-10/h1-7H,(H,12,13). The van der Waals surface area contributed by atoms with Crippen molar-refractivity contribution in [1.82, 2.24) is 9.97 Å². The molecule has 0 bridgehead atoms. The van der Waals surface area contributed by atoms with Crippen LogP contribution in [0.5, 0.6) is 0 Å². The Labute approximate surface area is 108 Å². The fraction of sp³-hybridized carbons (Fsp3) is 0. The molecule has 1 N–H and O–H groups in total. The Morgan fingerprint density at radius 1 is 1.16 bits per heavy atom. The topological polar surface area (TPSA) is 115 Å². The van der Waals surface area contributed by atoms with E-state index in [0.29, 0.717) is 0 Å². The second kappa shape index (κ2) is 4.98. The molecule has 0 amide bonds. The van der Waals surface area contributed by atoms with Crippen LogP contribution in [0.4, 0.5) is 11.5 Å². The lowest BCUT2D eigenvalue weighted by molar-refractivity contribution is -0.384. The van der Waals surface area contributed by atoms with Gasteiger partial charge in [-0.05, 0) is 12.1 Å². The number of anilines is 1. The number of nitrogens with zero attached hydrogens (tertiary/aromatic N) is 3. The van der Waals surface area contributed by atoms with E-state index in [1.807, 2.05) is 0 Å². The van der Waals surface area contributed by atoms with E-state index in [1.165, 1.54) is 18.6 Å². The molecule has 19 heavy (non-hydrogen) atoms. The van der Waals surface area contributed by atoms with Gasteiger partial charge in [-0.2, -0.15) is 0 Å². The highest BCUT2D eigenvalue weighted by molar-refractivity contribution is 7.92. The number of non-ortho nitro benzene ring substituents is 1. The number of rotatable bonds is 4. The van der Waals surface area contributed by atoms with Crippen LogP contribution in [0.15, 0.2) is 47.8 Å². The van der Waals surface area contributed by atoms with E-state index in [4.69, 9.17) is 0 Å². The summed E-state index contributed by atoms with van der Waals surface area (Å²) in [5, 5.41) is 10.5. The van der Waals surface area contributed by atoms with Gasteiger partial charge in [0.05, 0.1) is 16.0 Å². The van der Waals surface area contributed by atoms with E-state index < -0.39 is 14.9 Å². The van der Waals surface area contributed by atoms with E-state index in [9.17, 15) is 18.5 Å². The summed E-state index contributed by atoms with van der Waals surface area (Å²) in [6, 6.07) is 4.53. The van der Waals surface area contributed by atoms with Crippen molar-refractivity contribution in [3.8, 4) is 0 Å². The fourth-order valence-corrected chi connectivity index (χ4v) is 2.29. The zero-order valence-electron chi connectivity index (χ0n) is 9.42. The molecule has 0 spiro atoms. The second-order valence-electron chi connectivity index (χ2n) is 3.45. The molecular weight excluding hydrogens is 272 g/mol. The van der Waals surface area contributed by atoms with Crippen LogP contribution in [-0.2, 0) is 10.0 Å². The Morgan fingerprint density at radius 2 is 1.84 bits per heavy atom. The third-order valence-corrected chi connectivity index (χ3v) is 3.53. The lowest BCUT2D eigenvalue weighted by Crippen LogP contribution is -2.13. The third kappa shape index (κ3) is 3.01. The van der Waals surface area contributed by atoms with Crippen LogP contribution < -0.4 is 4.72 Å². The predicted molar refractivity (Wildman–Crippen MR) is 65.9 cm³/mol. The van der Waals surface area contributed by atoms with Gasteiger partial charge >= 0.3 is 0 Å². The van der Waals surface area contributed by atoms with Crippen LogP contribution in [0.3, 0.4) is 0 Å². The van der Waals surface area contributed by atoms with E-state index >= 15 is 0 Å². The number of sulfonamides is 1. The van der Waals surface area contributed by atoms with E-state index in [0.717, 1.165) is 24.3 Å². The molecule has 1 aromatic heterocycles. The highest BCUT2D eigenvalue weighted by atomic mass is 32.2. The molecule has 2 aromatic rings. The summed E-state index contributed by atoms with van der Waals surface area (Å²) in [6.07, 6.45) is 4.00. The van der Waals surface area contributed by atoms with Gasteiger partial charge in [-0.25, -0.2) is 13.4 Å². The Morgan fingerprint density at radius 3 is 2.37 bits per heavy atom. The van der Waals surface area contributed by atoms with Crippen LogP contribution in [0.1, 0.15) is 0 Å². The molecule has 8 nitrogen and oxygen atoms in total. The van der Waals surface area contributed by atoms with Crippen LogP contribution in [0.2, 0.25) is 0 Å². The Balaban J connectivity index is 2.27. The molecule has 1 heterocycles. The van der Waals surface area contributed by atoms with Crippen LogP contribution in [-0.4, -0.2) is 23.3 Å². The molecule has 98 valence electrons. The lowest BCUT2D eigenvalue weighted by Gasteiger charge is -2.06. The summed E-state index contributed by atoms with van der Waals surface area (Å²) in [4.78, 5) is 17.3. The number of hydrogen-bond donors (Lipinski definition) is 1. The molecule has 0 atom stereocenters. The van der Waals surface area contributed by atoms with Crippen LogP contribution in [0.25, 0.3) is 0 Å². The minimum Gasteiger partial charge on any atom is -0.262 e. The number of benzene rings is 1. The first-order chi connectivity index (χ1) is 8.99. The van der Waals surface area contributed by atoms with Crippen molar-refractivity contribution in [1.29, 1.82) is 0 Å². The summed E-state index contributed by atoms with van der Waals surface area (Å²) < 4.78 is 26.1. The Kier molecular flexibility index (Phi) is 3.38. The van der Waals surface area contributed by atoms with Gasteiger partial charge in [0, 0.05) is 24.5 Å². The van der Waals surface area contributed by atoms with Gasteiger partial charge in [0.1, 0.15) is 0 Å². The van der Waals surface area contributed by atoms with Gasteiger partial charge in [-0.15, -0.1) is 0 Å². The third-order valence-electron chi connectivity index (χ3n) is 2.16. The number of nitro benzene ring substituents is 1. The quantitative estimate of drug-likeness (QED) is 0.664. The van der Waals surface area contributed by atoms with Crippen molar-refractivity contribution >= 4 is 21.5 Å². The summed E-state index contributed by atoms with van der Waals surface area (Å²) in [5.41, 5.74) is -0.182. The number of aromatic nitrogens is 2. The van der Waals surface area contributed by atoms with Crippen molar-refractivity contribution < 1.29 is 13.3 Å². The first-order valence-electron chi connectivity index (χ1n) is 5.02. The summed E-state index contributed by atoms with van der Waals surface area (Å²) in [5.74, 6) is 0.0702. The largest absolute Gasteiger partial charge is 0.269 e. The zero-order chi connectivity index (χ0) is 13.9. The zero-order valence-corrected chi connectivity index (χ0v) is 10.2.